The van der Waals surface area contributed by atoms with Crippen molar-refractivity contribution in [3.63, 3.8) is 0 Å². The molecule has 2 saturated heterocycles. The summed E-state index contributed by atoms with van der Waals surface area (Å²) in [5, 5.41) is 2.71. The molecule has 0 radical (unpaired) electrons. The molecule has 2 fully saturated rings. The Morgan fingerprint density at radius 1 is 0.975 bits per heavy atom. The Balaban J connectivity index is 1.58. The van der Waals surface area contributed by atoms with Gasteiger partial charge in [0.25, 0.3) is 0 Å². The fourth-order valence-corrected chi connectivity index (χ4v) is 6.17. The van der Waals surface area contributed by atoms with Crippen molar-refractivity contribution in [2.45, 2.75) is 23.4 Å². The van der Waals surface area contributed by atoms with Crippen molar-refractivity contribution in [3.8, 4) is 5.75 Å². The lowest BCUT2D eigenvalue weighted by molar-refractivity contribution is -0.145. The fraction of sp³-hybridized carbons (Fsp3) is 0.444. The van der Waals surface area contributed by atoms with E-state index in [0.29, 0.717) is 32.1 Å². The maximum atomic E-state index is 13.7. The molecule has 2 atom stereocenters. The molecular weight excluding hydrogens is 540 g/mol. The zero-order valence-electron chi connectivity index (χ0n) is 22.5. The van der Waals surface area contributed by atoms with E-state index in [1.165, 1.54) is 28.4 Å². The van der Waals surface area contributed by atoms with Crippen LogP contribution in [0.1, 0.15) is 5.56 Å². The van der Waals surface area contributed by atoms with E-state index >= 15 is 0 Å². The third kappa shape index (κ3) is 6.72. The Kier molecular flexibility index (Phi) is 9.61. The van der Waals surface area contributed by atoms with Gasteiger partial charge in [-0.3, -0.25) is 4.79 Å². The second kappa shape index (κ2) is 13.1. The molecule has 13 heteroatoms. The largest absolute Gasteiger partial charge is 0.497 e. The summed E-state index contributed by atoms with van der Waals surface area (Å²) in [7, 11) is -1.16. The minimum atomic E-state index is -3.93. The number of amides is 3. The Morgan fingerprint density at radius 2 is 1.65 bits per heavy atom. The molecule has 0 saturated carbocycles. The summed E-state index contributed by atoms with van der Waals surface area (Å²) < 4.78 is 43.4. The Bertz CT molecular complexity index is 1280. The highest BCUT2D eigenvalue weighted by molar-refractivity contribution is 7.89. The van der Waals surface area contributed by atoms with E-state index in [0.717, 1.165) is 5.56 Å². The van der Waals surface area contributed by atoms with Crippen molar-refractivity contribution in [2.24, 2.45) is 0 Å². The van der Waals surface area contributed by atoms with Crippen LogP contribution in [0.3, 0.4) is 0 Å². The molecule has 2 heterocycles. The van der Waals surface area contributed by atoms with Crippen LogP contribution in [0.5, 0.6) is 5.75 Å². The molecule has 216 valence electrons. The van der Waals surface area contributed by atoms with E-state index in [9.17, 15) is 22.8 Å². The summed E-state index contributed by atoms with van der Waals surface area (Å²) in [6.45, 7) is 1.21. The van der Waals surface area contributed by atoms with Gasteiger partial charge in [-0.05, 0) is 29.8 Å². The predicted molar refractivity (Wildman–Crippen MR) is 144 cm³/mol. The Labute approximate surface area is 233 Å². The third-order valence-electron chi connectivity index (χ3n) is 6.96. The van der Waals surface area contributed by atoms with Crippen LogP contribution in [0.4, 0.5) is 4.79 Å². The number of piperazine rings is 1. The van der Waals surface area contributed by atoms with Gasteiger partial charge >= 0.3 is 12.0 Å². The van der Waals surface area contributed by atoms with Crippen molar-refractivity contribution >= 4 is 27.9 Å². The standard InChI is InChI=1S/C27H34N4O8S/c1-37-21-10-8-20(9-11-21)18-23(26(33)38-2)28-25(32)24-19-30(40(35,36)22-6-4-3-5-7-22)12-13-31(24)27(34)29-14-16-39-17-15-29/h3-11,23-24H,12-19H2,1-2H3,(H,28,32). The number of nitrogens with one attached hydrogen (secondary N) is 1. The second-order valence-electron chi connectivity index (χ2n) is 9.40. The molecule has 0 aromatic heterocycles. The van der Waals surface area contributed by atoms with Gasteiger partial charge in [0.2, 0.25) is 15.9 Å². The van der Waals surface area contributed by atoms with Gasteiger partial charge in [-0.15, -0.1) is 0 Å². The number of methoxy groups -OCH3 is 2. The maximum Gasteiger partial charge on any atom is 0.328 e. The first kappa shape index (κ1) is 29.3. The topological polar surface area (TPSA) is 135 Å². The number of urea groups is 1. The van der Waals surface area contributed by atoms with Gasteiger partial charge in [-0.2, -0.15) is 4.31 Å². The highest BCUT2D eigenvalue weighted by atomic mass is 32.2. The van der Waals surface area contributed by atoms with E-state index in [4.69, 9.17) is 14.2 Å². The molecule has 2 aliphatic heterocycles. The average molecular weight is 575 g/mol. The number of morpholine rings is 1. The van der Waals surface area contributed by atoms with E-state index in [1.54, 1.807) is 54.5 Å². The summed E-state index contributed by atoms with van der Waals surface area (Å²) in [5.74, 6) is -0.681. The van der Waals surface area contributed by atoms with Gasteiger partial charge in [-0.1, -0.05) is 30.3 Å². The zero-order chi connectivity index (χ0) is 28.7. The number of nitrogens with zero attached hydrogens (tertiary/aromatic N) is 3. The lowest BCUT2D eigenvalue weighted by Gasteiger charge is -2.42. The molecule has 2 aliphatic rings. The number of esters is 1. The smallest absolute Gasteiger partial charge is 0.328 e. The first-order valence-electron chi connectivity index (χ1n) is 12.9. The van der Waals surface area contributed by atoms with Crippen molar-refractivity contribution in [2.75, 3.05) is 60.2 Å². The van der Waals surface area contributed by atoms with Gasteiger partial charge in [0.15, 0.2) is 0 Å². The molecular formula is C27H34N4O8S. The van der Waals surface area contributed by atoms with E-state index < -0.39 is 34.0 Å². The number of benzene rings is 2. The maximum absolute atomic E-state index is 13.7. The fourth-order valence-electron chi connectivity index (χ4n) is 4.71. The van der Waals surface area contributed by atoms with E-state index in [-0.39, 0.29) is 37.0 Å². The van der Waals surface area contributed by atoms with Crippen LogP contribution in [-0.2, 0) is 35.5 Å². The first-order chi connectivity index (χ1) is 19.2. The molecule has 4 rings (SSSR count). The predicted octanol–water partition coefficient (Wildman–Crippen LogP) is 0.723. The van der Waals surface area contributed by atoms with Crippen LogP contribution in [0, 0.1) is 0 Å². The van der Waals surface area contributed by atoms with Crippen molar-refractivity contribution < 1.29 is 37.0 Å². The van der Waals surface area contributed by atoms with Gasteiger partial charge < -0.3 is 29.3 Å². The normalized spacial score (nSPS) is 19.0. The number of sulfonamides is 1. The SMILES string of the molecule is COC(=O)C(Cc1ccc(OC)cc1)NC(=O)C1CN(S(=O)(=O)c2ccccc2)CCN1C(=O)N1CCOCC1. The molecule has 1 N–H and O–H groups in total. The van der Waals surface area contributed by atoms with E-state index in [2.05, 4.69) is 5.32 Å². The molecule has 40 heavy (non-hydrogen) atoms. The molecule has 2 aromatic rings. The van der Waals surface area contributed by atoms with Crippen LogP contribution in [0.2, 0.25) is 0 Å². The van der Waals surface area contributed by atoms with Crippen LogP contribution in [0.25, 0.3) is 0 Å². The van der Waals surface area contributed by atoms with Gasteiger partial charge in [0, 0.05) is 39.1 Å². The molecule has 12 nitrogen and oxygen atoms in total. The minimum Gasteiger partial charge on any atom is -0.497 e. The van der Waals surface area contributed by atoms with Crippen LogP contribution in [-0.4, -0.2) is 113 Å². The van der Waals surface area contributed by atoms with Crippen LogP contribution < -0.4 is 10.1 Å². The lowest BCUT2D eigenvalue weighted by Crippen LogP contribution is -2.65. The van der Waals surface area contributed by atoms with Gasteiger partial charge in [-0.25, -0.2) is 18.0 Å². The second-order valence-corrected chi connectivity index (χ2v) is 11.3. The molecule has 2 unspecified atom stereocenters. The zero-order valence-corrected chi connectivity index (χ0v) is 23.3. The average Bonchev–Trinajstić information content (AvgIpc) is 3.00. The minimum absolute atomic E-state index is 0.00170. The number of hydrogen-bond donors (Lipinski definition) is 1. The monoisotopic (exact) mass is 574 g/mol. The summed E-state index contributed by atoms with van der Waals surface area (Å²) in [6.07, 6.45) is 0.124. The molecule has 0 spiro atoms. The summed E-state index contributed by atoms with van der Waals surface area (Å²) in [5.41, 5.74) is 0.745. The Hall–Kier alpha value is -3.68. The number of hydrogen-bond acceptors (Lipinski definition) is 8. The molecule has 0 bridgehead atoms. The number of carbonyl (C=O) groups excluding carboxylic acids is 3. The van der Waals surface area contributed by atoms with E-state index in [1.807, 2.05) is 0 Å². The highest BCUT2D eigenvalue weighted by Crippen LogP contribution is 2.22. The quantitative estimate of drug-likeness (QED) is 0.456. The molecule has 0 aliphatic carbocycles. The van der Waals surface area contributed by atoms with Crippen molar-refractivity contribution in [3.05, 3.63) is 60.2 Å². The van der Waals surface area contributed by atoms with Crippen LogP contribution in [0.15, 0.2) is 59.5 Å². The van der Waals surface area contributed by atoms with Crippen LogP contribution >= 0.6 is 0 Å². The summed E-state index contributed by atoms with van der Waals surface area (Å²) >= 11 is 0. The lowest BCUT2D eigenvalue weighted by atomic mass is 10.0. The van der Waals surface area contributed by atoms with Crippen molar-refractivity contribution in [1.82, 2.24) is 19.4 Å². The van der Waals surface area contributed by atoms with Gasteiger partial charge in [0.1, 0.15) is 17.8 Å². The molecule has 3 amide bonds. The number of rotatable bonds is 8. The number of ether oxygens (including phenoxy) is 3. The summed E-state index contributed by atoms with van der Waals surface area (Å²) in [4.78, 5) is 42.9. The van der Waals surface area contributed by atoms with Crippen molar-refractivity contribution in [1.29, 1.82) is 0 Å². The Morgan fingerprint density at radius 3 is 2.27 bits per heavy atom. The first-order valence-corrected chi connectivity index (χ1v) is 14.4. The number of carbonyl (C=O) groups is 3. The summed E-state index contributed by atoms with van der Waals surface area (Å²) in [6, 6.07) is 12.3. The highest BCUT2D eigenvalue weighted by Gasteiger charge is 2.42. The molecule has 2 aromatic carbocycles. The third-order valence-corrected chi connectivity index (χ3v) is 8.83. The van der Waals surface area contributed by atoms with Gasteiger partial charge in [0.05, 0.1) is 32.3 Å².